The fourth-order valence-electron chi connectivity index (χ4n) is 12.7. The predicted molar refractivity (Wildman–Crippen MR) is 432 cm³/mol. The molecule has 13 amide bonds. The zero-order valence-electron chi connectivity index (χ0n) is 62.6. The van der Waals surface area contributed by atoms with Crippen molar-refractivity contribution in [2.45, 2.75) is 137 Å². The zero-order valence-corrected chi connectivity index (χ0v) is 65.1. The number of amides is 13. The third kappa shape index (κ3) is 26.7. The summed E-state index contributed by atoms with van der Waals surface area (Å²) in [4.78, 5) is 207. The standard InChI is InChI=1S/C77H94N20O15S3/c1-42-67(103)91-57(29-43-11-4-2-5-12-43)71(107)96-62(74(110)90-56(66(80)102)28-46-20-24-51(99)25-21-46)39-115-114-38-61(94-68(104)53(78)27-45-18-22-50(98)23-19-45)75(111)95-60-37-113-40-65(101)97(36-49(88-73(60)109)32-48-35-83-41-86-48)63(30-44-13-6-3-7-14-44)76(112)89-55(17-10-26-84-77(81)82)69(105)92-58(31-47-34-85-54-16-9-8-15-52(47)54)72(108)93-59(33-64(79)100)70(106)87-42/h2-9,11-16,18-25,34-35,41-42,49,53,55-63,85,98-99H,10,17,26-33,36-40,78H2,1H3,(H2,79,100)(H2,80,102)(H,83,86)(H,87,106)(H,88,109)(H,89,112)(H,90,110)(H,91,103)(H,92,105)(H,93,108)(H,94,104)(H,95,111)(H,96,107)(H4,81,82,84)/t42-,49-,53-,55-,56-,57-,58-,59-,60+,61-,62-,63+/m0/s1. The number of nitrogens with zero attached hydrogens (tertiary/aromatic N) is 3. The van der Waals surface area contributed by atoms with Crippen LogP contribution in [0.4, 0.5) is 0 Å². The Balaban J connectivity index is 1.12. The largest absolute Gasteiger partial charge is 0.508 e. The number of primary amides is 2. The van der Waals surface area contributed by atoms with Crippen molar-refractivity contribution in [1.29, 1.82) is 0 Å². The Kier molecular flexibility index (Phi) is 32.2. The van der Waals surface area contributed by atoms with Crippen LogP contribution in [0.15, 0.2) is 157 Å². The molecule has 5 aromatic carbocycles. The Morgan fingerprint density at radius 1 is 0.591 bits per heavy atom. The van der Waals surface area contributed by atoms with Gasteiger partial charge in [-0.2, -0.15) is 0 Å². The van der Waals surface area contributed by atoms with Crippen LogP contribution in [-0.2, 0) is 101 Å². The van der Waals surface area contributed by atoms with E-state index in [1.165, 1.54) is 60.7 Å². The van der Waals surface area contributed by atoms with Crippen LogP contribution in [0.25, 0.3) is 10.9 Å². The lowest BCUT2D eigenvalue weighted by Crippen LogP contribution is -2.62. The van der Waals surface area contributed by atoms with Gasteiger partial charge in [0, 0.05) is 91.4 Å². The maximum Gasteiger partial charge on any atom is 0.244 e. The number of thioether (sulfide) groups is 1. The van der Waals surface area contributed by atoms with Crippen molar-refractivity contribution in [3.8, 4) is 11.5 Å². The van der Waals surface area contributed by atoms with Crippen molar-refractivity contribution in [2.75, 3.05) is 36.1 Å². The maximum atomic E-state index is 15.7. The number of H-pyrrole nitrogens is 2. The number of aromatic hydroxyl groups is 2. The number of rotatable bonds is 23. The molecule has 3 saturated heterocycles. The summed E-state index contributed by atoms with van der Waals surface area (Å²) < 4.78 is 0. The number of nitrogens with two attached hydrogens (primary N) is 5. The van der Waals surface area contributed by atoms with Crippen LogP contribution in [0.3, 0.4) is 0 Å². The number of imidazole rings is 1. The predicted octanol–water partition coefficient (Wildman–Crippen LogP) is -1.99. The van der Waals surface area contributed by atoms with Crippen LogP contribution in [0.5, 0.6) is 11.5 Å². The van der Waals surface area contributed by atoms with E-state index < -0.39 is 161 Å². The Morgan fingerprint density at radius 2 is 1.18 bits per heavy atom. The van der Waals surface area contributed by atoms with Crippen molar-refractivity contribution < 1.29 is 72.5 Å². The molecule has 7 aromatic rings. The number of nitrogens with one attached hydrogen (secondary N) is 12. The van der Waals surface area contributed by atoms with Gasteiger partial charge in [0.15, 0.2) is 5.96 Å². The molecular weight excluding hydrogens is 1540 g/mol. The fraction of sp³-hybridized carbons (Fsp3) is 0.364. The third-order valence-corrected chi connectivity index (χ3v) is 22.2. The number of para-hydroxylation sites is 1. The number of phenolic OH excluding ortho intramolecular Hbond substituents is 2. The second-order valence-corrected chi connectivity index (χ2v) is 31.2. The first-order valence-electron chi connectivity index (χ1n) is 36.8. The molecule has 35 nitrogen and oxygen atoms in total. The normalized spacial score (nSPS) is 22.2. The van der Waals surface area contributed by atoms with E-state index in [1.54, 1.807) is 103 Å². The number of aromatic amines is 2. The summed E-state index contributed by atoms with van der Waals surface area (Å²) in [5, 5.41) is 47.6. The maximum absolute atomic E-state index is 15.7. The van der Waals surface area contributed by atoms with Crippen molar-refractivity contribution >= 4 is 127 Å². The SMILES string of the molecule is C[C@@H]1NC(=O)[C@H](CC(N)=O)NC(=O)[C@H](Cc2c[nH]c3ccccc23)NC(=O)[C@H](CCCN=C(N)N)NC(=O)[C@@H](Cc2ccccc2)N2C[C@H](Cc3cnc[nH]3)NC(=O)[C@@H](CSCC2=O)NC(=O)[C@@H](NC(=O)[C@@H](N)Cc2ccc(O)cc2)CSSC[C@@H](C(=O)N[C@@H](Cc2ccc(O)cc2)C(N)=O)NC(=O)[C@H](Cc2ccccc2)NC1=O. The molecule has 24 N–H and O–H groups in total. The summed E-state index contributed by atoms with van der Waals surface area (Å²) in [5.74, 6) is -14.0. The van der Waals surface area contributed by atoms with Crippen LogP contribution in [0.1, 0.15) is 59.7 Å². The van der Waals surface area contributed by atoms with Gasteiger partial charge in [0.1, 0.15) is 71.9 Å². The highest BCUT2D eigenvalue weighted by Gasteiger charge is 2.40. The van der Waals surface area contributed by atoms with Gasteiger partial charge in [0.05, 0.1) is 30.6 Å². The van der Waals surface area contributed by atoms with Gasteiger partial charge in [-0.3, -0.25) is 67.3 Å². The number of guanidine groups is 1. The fourth-order valence-corrected chi connectivity index (χ4v) is 16.0. The first-order valence-corrected chi connectivity index (χ1v) is 40.5. The van der Waals surface area contributed by atoms with E-state index in [1.807, 2.05) is 0 Å². The molecule has 10 rings (SSSR count). The van der Waals surface area contributed by atoms with Gasteiger partial charge in [0.2, 0.25) is 76.8 Å². The summed E-state index contributed by atoms with van der Waals surface area (Å²) in [6.45, 7) is 0.803. The topological polar surface area (TPSA) is 573 Å². The van der Waals surface area contributed by atoms with Gasteiger partial charge >= 0.3 is 0 Å². The number of hydrogen-bond acceptors (Lipinski definition) is 21. The molecule has 0 unspecified atom stereocenters. The number of carbonyl (C=O) groups is 13. The van der Waals surface area contributed by atoms with Crippen molar-refractivity contribution in [2.24, 2.45) is 33.7 Å². The number of benzene rings is 5. The van der Waals surface area contributed by atoms with E-state index in [9.17, 15) is 39.0 Å². The van der Waals surface area contributed by atoms with Crippen LogP contribution in [0.2, 0.25) is 0 Å². The van der Waals surface area contributed by atoms with Gasteiger partial charge in [0.25, 0.3) is 0 Å². The quantitative estimate of drug-likeness (QED) is 0.0108. The first kappa shape index (κ1) is 86.8. The second-order valence-electron chi connectivity index (χ2n) is 27.7. The van der Waals surface area contributed by atoms with E-state index in [2.05, 4.69) is 73.1 Å². The number of carbonyl (C=O) groups excluding carboxylic acids is 13. The Labute approximate surface area is 673 Å². The van der Waals surface area contributed by atoms with Crippen LogP contribution >= 0.6 is 33.3 Å². The highest BCUT2D eigenvalue weighted by atomic mass is 33.1. The molecule has 3 fully saturated rings. The monoisotopic (exact) mass is 1630 g/mol. The molecular formula is C77H94N20O15S3. The van der Waals surface area contributed by atoms with Crippen molar-refractivity contribution in [3.05, 3.63) is 186 Å². The summed E-state index contributed by atoms with van der Waals surface area (Å²) in [5.41, 5.74) is 33.2. The molecule has 610 valence electrons. The molecule has 0 spiro atoms. The van der Waals surface area contributed by atoms with E-state index >= 15 is 33.6 Å². The number of fused-ring (bicyclic) bond motifs is 32. The van der Waals surface area contributed by atoms with Crippen LogP contribution in [-0.4, -0.2) is 221 Å². The molecule has 5 heterocycles. The number of aromatic nitrogens is 3. The minimum atomic E-state index is -1.85. The molecule has 3 aliphatic heterocycles. The molecule has 0 saturated carbocycles. The van der Waals surface area contributed by atoms with Crippen molar-refractivity contribution in [1.82, 2.24) is 73.0 Å². The second kappa shape index (κ2) is 42.6. The molecule has 38 heteroatoms. The molecule has 2 aromatic heterocycles. The minimum Gasteiger partial charge on any atom is -0.508 e. The molecule has 3 aliphatic rings. The molecule has 12 atom stereocenters. The Hall–Kier alpha value is -12.2. The molecule has 0 aliphatic carbocycles. The summed E-state index contributed by atoms with van der Waals surface area (Å²) in [7, 11) is 1.82. The van der Waals surface area contributed by atoms with Gasteiger partial charge in [-0.05, 0) is 84.3 Å². The average molecular weight is 1640 g/mol. The molecule has 0 radical (unpaired) electrons. The lowest BCUT2D eigenvalue weighted by atomic mass is 10.00. The van der Waals surface area contributed by atoms with E-state index in [4.69, 9.17) is 28.7 Å². The Morgan fingerprint density at radius 3 is 1.83 bits per heavy atom. The lowest BCUT2D eigenvalue weighted by molar-refractivity contribution is -0.141. The average Bonchev–Trinajstić information content (AvgIpc) is 1.34. The zero-order chi connectivity index (χ0) is 82.7. The highest BCUT2D eigenvalue weighted by Crippen LogP contribution is 2.26. The first-order chi connectivity index (χ1) is 55.1. The number of phenols is 2. The highest BCUT2D eigenvalue weighted by molar-refractivity contribution is 8.76. The smallest absolute Gasteiger partial charge is 0.244 e. The molecule has 2 bridgehead atoms. The van der Waals surface area contributed by atoms with Gasteiger partial charge in [-0.25, -0.2) is 4.98 Å². The lowest BCUT2D eigenvalue weighted by Gasteiger charge is -2.36. The Bertz CT molecular complexity index is 4580. The van der Waals surface area contributed by atoms with Gasteiger partial charge < -0.3 is 107 Å². The minimum absolute atomic E-state index is 0.0400. The van der Waals surface area contributed by atoms with Crippen LogP contribution in [0, 0.1) is 0 Å². The van der Waals surface area contributed by atoms with E-state index in [-0.39, 0.29) is 99.2 Å². The van der Waals surface area contributed by atoms with Crippen LogP contribution < -0.4 is 81.8 Å². The third-order valence-electron chi connectivity index (χ3n) is 18.8. The number of hydrogen-bond donors (Lipinski definition) is 19. The summed E-state index contributed by atoms with van der Waals surface area (Å²) >= 11 is 0.924. The van der Waals surface area contributed by atoms with Gasteiger partial charge in [-0.15, -0.1) is 11.8 Å². The number of aliphatic imine (C=N–C) groups is 1. The summed E-state index contributed by atoms with van der Waals surface area (Å²) in [6, 6.07) is 17.5. The van der Waals surface area contributed by atoms with Crippen molar-refractivity contribution in [3.63, 3.8) is 0 Å². The van der Waals surface area contributed by atoms with E-state index in [0.717, 1.165) is 33.3 Å². The summed E-state index contributed by atoms with van der Waals surface area (Å²) in [6.07, 6.45) is 2.44. The van der Waals surface area contributed by atoms with Gasteiger partial charge in [-0.1, -0.05) is 125 Å². The van der Waals surface area contributed by atoms with E-state index in [0.29, 0.717) is 44.4 Å². The molecule has 115 heavy (non-hydrogen) atoms.